The number of hydrogen-bond donors (Lipinski definition) is 1. The molecule has 1 fully saturated rings. The van der Waals surface area contributed by atoms with Crippen molar-refractivity contribution in [3.8, 4) is 5.75 Å². The van der Waals surface area contributed by atoms with Crippen LogP contribution in [0.25, 0.3) is 10.9 Å². The summed E-state index contributed by atoms with van der Waals surface area (Å²) in [5.74, 6) is 0.971. The molecule has 152 valence electrons. The molecule has 1 aromatic heterocycles. The first kappa shape index (κ1) is 19.4. The quantitative estimate of drug-likeness (QED) is 0.728. The van der Waals surface area contributed by atoms with Crippen LogP contribution < -0.4 is 9.64 Å². The van der Waals surface area contributed by atoms with Crippen molar-refractivity contribution in [3.63, 3.8) is 0 Å². The summed E-state index contributed by atoms with van der Waals surface area (Å²) in [6.07, 6.45) is 1.96. The zero-order valence-electron chi connectivity index (χ0n) is 17.7. The van der Waals surface area contributed by atoms with Gasteiger partial charge < -0.3 is 19.5 Å². The SMILES string of the molecule is COc1ccc2[nH]cc(C(C)(C)C(=O)N3CCN(c4cccc(C)c4)CC3)c2c1. The van der Waals surface area contributed by atoms with Crippen LogP contribution in [0, 0.1) is 6.92 Å². The van der Waals surface area contributed by atoms with Crippen LogP contribution in [-0.4, -0.2) is 49.1 Å². The number of methoxy groups -OCH3 is 1. The number of piperazine rings is 1. The molecule has 0 atom stereocenters. The van der Waals surface area contributed by atoms with Crippen LogP contribution in [0.1, 0.15) is 25.0 Å². The van der Waals surface area contributed by atoms with Gasteiger partial charge in [-0.15, -0.1) is 0 Å². The molecular weight excluding hydrogens is 362 g/mol. The molecule has 1 saturated heterocycles. The van der Waals surface area contributed by atoms with Gasteiger partial charge in [-0.3, -0.25) is 4.79 Å². The number of aromatic nitrogens is 1. The average Bonchev–Trinajstić information content (AvgIpc) is 3.17. The van der Waals surface area contributed by atoms with Crippen LogP contribution in [0.15, 0.2) is 48.7 Å². The number of fused-ring (bicyclic) bond motifs is 1. The molecule has 0 aliphatic carbocycles. The van der Waals surface area contributed by atoms with Gasteiger partial charge in [0.15, 0.2) is 0 Å². The first-order valence-electron chi connectivity index (χ1n) is 10.2. The number of H-pyrrole nitrogens is 1. The van der Waals surface area contributed by atoms with E-state index >= 15 is 0 Å². The Morgan fingerprint density at radius 3 is 2.52 bits per heavy atom. The maximum absolute atomic E-state index is 13.5. The summed E-state index contributed by atoms with van der Waals surface area (Å²) in [5.41, 5.74) is 3.91. The lowest BCUT2D eigenvalue weighted by Gasteiger charge is -2.39. The van der Waals surface area contributed by atoms with Gasteiger partial charge in [-0.2, -0.15) is 0 Å². The predicted octanol–water partition coefficient (Wildman–Crippen LogP) is 4.11. The van der Waals surface area contributed by atoms with Crippen molar-refractivity contribution in [2.45, 2.75) is 26.2 Å². The minimum absolute atomic E-state index is 0.171. The standard InChI is InChI=1S/C24H29N3O2/c1-17-6-5-7-18(14-17)26-10-12-27(13-11-26)23(28)24(2,3)21-16-25-22-9-8-19(29-4)15-20(21)22/h5-9,14-16,25H,10-13H2,1-4H3. The van der Waals surface area contributed by atoms with Crippen LogP contribution in [0.3, 0.4) is 0 Å². The molecule has 0 radical (unpaired) electrons. The van der Waals surface area contributed by atoms with E-state index in [-0.39, 0.29) is 5.91 Å². The van der Waals surface area contributed by atoms with Crippen molar-refractivity contribution < 1.29 is 9.53 Å². The van der Waals surface area contributed by atoms with Gasteiger partial charge in [-0.05, 0) is 62.2 Å². The smallest absolute Gasteiger partial charge is 0.232 e. The fourth-order valence-corrected chi connectivity index (χ4v) is 4.25. The second-order valence-corrected chi connectivity index (χ2v) is 8.36. The number of ether oxygens (including phenoxy) is 1. The van der Waals surface area contributed by atoms with Crippen molar-refractivity contribution in [1.82, 2.24) is 9.88 Å². The summed E-state index contributed by atoms with van der Waals surface area (Å²) < 4.78 is 5.38. The summed E-state index contributed by atoms with van der Waals surface area (Å²) >= 11 is 0. The highest BCUT2D eigenvalue weighted by Crippen LogP contribution is 2.34. The van der Waals surface area contributed by atoms with Crippen LogP contribution in [0.5, 0.6) is 5.75 Å². The molecule has 3 aromatic rings. The number of aromatic amines is 1. The van der Waals surface area contributed by atoms with Crippen LogP contribution >= 0.6 is 0 Å². The number of carbonyl (C=O) groups is 1. The summed E-state index contributed by atoms with van der Waals surface area (Å²) in [4.78, 5) is 21.1. The largest absolute Gasteiger partial charge is 0.497 e. The molecule has 0 spiro atoms. The highest BCUT2D eigenvalue weighted by Gasteiger charge is 2.37. The minimum atomic E-state index is -0.615. The Morgan fingerprint density at radius 1 is 1.07 bits per heavy atom. The summed E-state index contributed by atoms with van der Waals surface area (Å²) in [7, 11) is 1.66. The van der Waals surface area contributed by atoms with Crippen molar-refractivity contribution in [1.29, 1.82) is 0 Å². The molecule has 1 aliphatic rings. The number of rotatable bonds is 4. The highest BCUT2D eigenvalue weighted by atomic mass is 16.5. The van der Waals surface area contributed by atoms with Gasteiger partial charge in [0.1, 0.15) is 5.75 Å². The van der Waals surface area contributed by atoms with E-state index in [1.807, 2.05) is 43.1 Å². The monoisotopic (exact) mass is 391 g/mol. The Kier molecular flexibility index (Phi) is 4.99. The summed E-state index contributed by atoms with van der Waals surface area (Å²) in [6.45, 7) is 9.33. The third-order valence-corrected chi connectivity index (χ3v) is 6.03. The topological polar surface area (TPSA) is 48.6 Å². The van der Waals surface area contributed by atoms with E-state index in [9.17, 15) is 4.79 Å². The number of amides is 1. The van der Waals surface area contributed by atoms with Gasteiger partial charge in [-0.1, -0.05) is 12.1 Å². The maximum atomic E-state index is 13.5. The normalized spacial score (nSPS) is 15.0. The molecule has 1 N–H and O–H groups in total. The number of carbonyl (C=O) groups excluding carboxylic acids is 1. The zero-order chi connectivity index (χ0) is 20.6. The average molecular weight is 392 g/mol. The van der Waals surface area contributed by atoms with Crippen molar-refractivity contribution >= 4 is 22.5 Å². The number of benzene rings is 2. The number of nitrogens with one attached hydrogen (secondary N) is 1. The van der Waals surface area contributed by atoms with Gasteiger partial charge in [0.2, 0.25) is 5.91 Å². The van der Waals surface area contributed by atoms with Gasteiger partial charge in [0, 0.05) is 49.0 Å². The molecule has 29 heavy (non-hydrogen) atoms. The lowest BCUT2D eigenvalue weighted by atomic mass is 9.82. The Morgan fingerprint density at radius 2 is 1.83 bits per heavy atom. The second kappa shape index (κ2) is 7.47. The van der Waals surface area contributed by atoms with Gasteiger partial charge in [0.25, 0.3) is 0 Å². The molecule has 5 heteroatoms. The fraction of sp³-hybridized carbons (Fsp3) is 0.375. The van der Waals surface area contributed by atoms with Crippen molar-refractivity contribution in [2.24, 2.45) is 0 Å². The zero-order valence-corrected chi connectivity index (χ0v) is 17.7. The van der Waals surface area contributed by atoms with Crippen LogP contribution in [0.4, 0.5) is 5.69 Å². The Labute approximate surface area is 172 Å². The van der Waals surface area contributed by atoms with E-state index in [1.54, 1.807) is 7.11 Å². The molecule has 0 unspecified atom stereocenters. The number of nitrogens with zero attached hydrogens (tertiary/aromatic N) is 2. The third-order valence-electron chi connectivity index (χ3n) is 6.03. The first-order chi connectivity index (χ1) is 13.9. The van der Waals surface area contributed by atoms with Gasteiger partial charge in [0.05, 0.1) is 12.5 Å². The number of aryl methyl sites for hydroxylation is 1. The second-order valence-electron chi connectivity index (χ2n) is 8.36. The molecule has 0 bridgehead atoms. The number of hydrogen-bond acceptors (Lipinski definition) is 3. The van der Waals surface area contributed by atoms with E-state index in [2.05, 4.69) is 41.1 Å². The molecule has 0 saturated carbocycles. The molecular formula is C24H29N3O2. The van der Waals surface area contributed by atoms with Crippen molar-refractivity contribution in [2.75, 3.05) is 38.2 Å². The predicted molar refractivity (Wildman–Crippen MR) is 118 cm³/mol. The van der Waals surface area contributed by atoms with Crippen LogP contribution in [0.2, 0.25) is 0 Å². The molecule has 2 heterocycles. The summed E-state index contributed by atoms with van der Waals surface area (Å²) in [6, 6.07) is 14.5. The van der Waals surface area contributed by atoms with Crippen LogP contribution in [-0.2, 0) is 10.2 Å². The fourth-order valence-electron chi connectivity index (χ4n) is 4.25. The Balaban J connectivity index is 1.52. The first-order valence-corrected chi connectivity index (χ1v) is 10.2. The van der Waals surface area contributed by atoms with E-state index in [1.165, 1.54) is 11.3 Å². The van der Waals surface area contributed by atoms with E-state index in [0.717, 1.165) is 48.4 Å². The number of anilines is 1. The van der Waals surface area contributed by atoms with E-state index in [0.29, 0.717) is 0 Å². The van der Waals surface area contributed by atoms with E-state index in [4.69, 9.17) is 4.74 Å². The lowest BCUT2D eigenvalue weighted by molar-refractivity contribution is -0.136. The third kappa shape index (κ3) is 3.57. The molecule has 1 amide bonds. The molecule has 2 aromatic carbocycles. The van der Waals surface area contributed by atoms with Gasteiger partial charge in [-0.25, -0.2) is 0 Å². The lowest BCUT2D eigenvalue weighted by Crippen LogP contribution is -2.53. The van der Waals surface area contributed by atoms with Crippen molar-refractivity contribution in [3.05, 3.63) is 59.8 Å². The highest BCUT2D eigenvalue weighted by molar-refractivity contribution is 5.95. The summed E-state index contributed by atoms with van der Waals surface area (Å²) in [5, 5.41) is 1.04. The maximum Gasteiger partial charge on any atom is 0.232 e. The van der Waals surface area contributed by atoms with E-state index < -0.39 is 5.41 Å². The molecule has 4 rings (SSSR count). The molecule has 5 nitrogen and oxygen atoms in total. The van der Waals surface area contributed by atoms with Gasteiger partial charge >= 0.3 is 0 Å². The Hall–Kier alpha value is -2.95. The molecule has 1 aliphatic heterocycles. The minimum Gasteiger partial charge on any atom is -0.497 e. The Bertz CT molecular complexity index is 1030.